The highest BCUT2D eigenvalue weighted by molar-refractivity contribution is 5.98. The molecule has 0 unspecified atom stereocenters. The third kappa shape index (κ3) is 4.07. The number of rotatable bonds is 4. The van der Waals surface area contributed by atoms with E-state index < -0.39 is 6.10 Å². The predicted molar refractivity (Wildman–Crippen MR) is 101 cm³/mol. The molecule has 2 amide bonds. The molecule has 1 aromatic heterocycles. The highest BCUT2D eigenvalue weighted by Gasteiger charge is 2.29. The van der Waals surface area contributed by atoms with E-state index in [0.29, 0.717) is 25.4 Å². The maximum Gasteiger partial charge on any atom is 0.274 e. The van der Waals surface area contributed by atoms with Gasteiger partial charge in [-0.3, -0.25) is 14.3 Å². The first-order chi connectivity index (χ1) is 13.6. The van der Waals surface area contributed by atoms with E-state index in [4.69, 9.17) is 4.74 Å². The Bertz CT molecular complexity index is 843. The van der Waals surface area contributed by atoms with Crippen molar-refractivity contribution in [2.75, 3.05) is 19.6 Å². The van der Waals surface area contributed by atoms with Gasteiger partial charge in [-0.25, -0.2) is 0 Å². The Kier molecular flexibility index (Phi) is 5.40. The summed E-state index contributed by atoms with van der Waals surface area (Å²) in [6.45, 7) is 2.13. The van der Waals surface area contributed by atoms with E-state index in [1.165, 1.54) is 10.7 Å². The van der Waals surface area contributed by atoms with E-state index in [2.05, 4.69) is 10.4 Å². The molecule has 1 atom stereocenters. The summed E-state index contributed by atoms with van der Waals surface area (Å²) in [6.07, 6.45) is 0.950. The number of hydrogen-bond donors (Lipinski definition) is 2. The van der Waals surface area contributed by atoms with Crippen molar-refractivity contribution >= 4 is 11.8 Å². The van der Waals surface area contributed by atoms with E-state index in [0.717, 1.165) is 18.4 Å². The molecule has 28 heavy (non-hydrogen) atoms. The molecule has 0 aliphatic carbocycles. The van der Waals surface area contributed by atoms with Crippen LogP contribution in [-0.2, 0) is 17.9 Å². The zero-order valence-corrected chi connectivity index (χ0v) is 15.6. The number of nitrogens with zero attached hydrogens (tertiary/aromatic N) is 3. The second-order valence-electron chi connectivity index (χ2n) is 7.25. The number of piperidine rings is 1. The van der Waals surface area contributed by atoms with Crippen LogP contribution < -0.4 is 5.32 Å². The Morgan fingerprint density at radius 3 is 2.75 bits per heavy atom. The Morgan fingerprint density at radius 1 is 1.25 bits per heavy atom. The van der Waals surface area contributed by atoms with Gasteiger partial charge in [0, 0.05) is 25.7 Å². The van der Waals surface area contributed by atoms with Gasteiger partial charge < -0.3 is 20.1 Å². The van der Waals surface area contributed by atoms with Crippen LogP contribution >= 0.6 is 0 Å². The first-order valence-electron chi connectivity index (χ1n) is 9.59. The quantitative estimate of drug-likeness (QED) is 0.813. The number of β-amino-alcohol motifs (C(OH)–C–C–N with tert-alkyl or cyclic N) is 1. The fraction of sp³-hybridized carbons (Fsp3) is 0.450. The normalized spacial score (nSPS) is 20.4. The summed E-state index contributed by atoms with van der Waals surface area (Å²) in [4.78, 5) is 26.6. The number of carbonyl (C=O) groups excluding carboxylic acids is 2. The summed E-state index contributed by atoms with van der Waals surface area (Å²) in [6, 6.07) is 11.5. The van der Waals surface area contributed by atoms with Crippen molar-refractivity contribution in [2.24, 2.45) is 0 Å². The van der Waals surface area contributed by atoms with Gasteiger partial charge in [-0.15, -0.1) is 0 Å². The lowest BCUT2D eigenvalue weighted by Crippen LogP contribution is -2.41. The van der Waals surface area contributed by atoms with Gasteiger partial charge in [-0.2, -0.15) is 5.10 Å². The van der Waals surface area contributed by atoms with Crippen LogP contribution in [-0.4, -0.2) is 63.4 Å². The molecule has 1 fully saturated rings. The molecule has 2 aromatic rings. The molecule has 0 spiro atoms. The number of likely N-dealkylation sites (tertiary alicyclic amines) is 1. The number of aliphatic hydroxyl groups excluding tert-OH is 1. The summed E-state index contributed by atoms with van der Waals surface area (Å²) in [5.74, 6) is -0.513. The van der Waals surface area contributed by atoms with E-state index >= 15 is 0 Å². The maximum absolute atomic E-state index is 12.8. The number of aromatic nitrogens is 2. The number of carbonyl (C=O) groups is 2. The van der Waals surface area contributed by atoms with Gasteiger partial charge in [-0.05, 0) is 18.4 Å². The highest BCUT2D eigenvalue weighted by Crippen LogP contribution is 2.18. The van der Waals surface area contributed by atoms with Gasteiger partial charge in [0.25, 0.3) is 11.8 Å². The fourth-order valence-corrected chi connectivity index (χ4v) is 3.58. The third-order valence-electron chi connectivity index (χ3n) is 5.17. The maximum atomic E-state index is 12.8. The summed E-state index contributed by atoms with van der Waals surface area (Å²) < 4.78 is 7.38. The highest BCUT2D eigenvalue weighted by atomic mass is 16.5. The third-order valence-corrected chi connectivity index (χ3v) is 5.17. The van der Waals surface area contributed by atoms with E-state index in [1.54, 1.807) is 4.90 Å². The van der Waals surface area contributed by atoms with Crippen molar-refractivity contribution in [3.8, 4) is 0 Å². The molecule has 3 heterocycles. The molecule has 1 saturated heterocycles. The molecule has 4 rings (SSSR count). The minimum atomic E-state index is -0.717. The van der Waals surface area contributed by atoms with E-state index in [1.807, 2.05) is 30.3 Å². The van der Waals surface area contributed by atoms with Gasteiger partial charge in [0.05, 0.1) is 25.4 Å². The van der Waals surface area contributed by atoms with Gasteiger partial charge in [0.2, 0.25) is 0 Å². The minimum absolute atomic E-state index is 0.129. The van der Waals surface area contributed by atoms with Crippen LogP contribution in [0.4, 0.5) is 0 Å². The molecule has 2 aliphatic heterocycles. The van der Waals surface area contributed by atoms with Gasteiger partial charge in [0.15, 0.2) is 5.69 Å². The number of aliphatic hydroxyl groups is 1. The van der Waals surface area contributed by atoms with Crippen molar-refractivity contribution in [1.29, 1.82) is 0 Å². The lowest BCUT2D eigenvalue weighted by molar-refractivity contribution is -0.000541. The summed E-state index contributed by atoms with van der Waals surface area (Å²) in [7, 11) is 0. The molecular weight excluding hydrogens is 360 g/mol. The minimum Gasteiger partial charge on any atom is -0.389 e. The Balaban J connectivity index is 1.34. The lowest BCUT2D eigenvalue weighted by atomic mass is 10.1. The van der Waals surface area contributed by atoms with Crippen molar-refractivity contribution < 1.29 is 19.4 Å². The van der Waals surface area contributed by atoms with Crippen LogP contribution in [0.1, 0.15) is 39.4 Å². The molecule has 0 radical (unpaired) electrons. The molecule has 0 bridgehead atoms. The zero-order valence-electron chi connectivity index (χ0n) is 15.6. The van der Waals surface area contributed by atoms with Crippen LogP contribution in [0, 0.1) is 0 Å². The molecule has 0 saturated carbocycles. The predicted octanol–water partition coefficient (Wildman–Crippen LogP) is 0.809. The number of benzene rings is 1. The lowest BCUT2D eigenvalue weighted by Gasteiger charge is -2.31. The monoisotopic (exact) mass is 384 g/mol. The van der Waals surface area contributed by atoms with Crippen LogP contribution in [0.15, 0.2) is 36.4 Å². The van der Waals surface area contributed by atoms with Gasteiger partial charge in [0.1, 0.15) is 5.69 Å². The topological polar surface area (TPSA) is 96.7 Å². The fourth-order valence-electron chi connectivity index (χ4n) is 3.58. The SMILES string of the molecule is O=C1NC[C@@H](O)Cn2nc(C(=O)N3CCC(OCc4ccccc4)CC3)cc21. The Morgan fingerprint density at radius 2 is 2.00 bits per heavy atom. The Hall–Kier alpha value is -2.71. The number of nitrogens with one attached hydrogen (secondary N) is 1. The average Bonchev–Trinajstić information content (AvgIpc) is 3.09. The molecule has 8 heteroatoms. The zero-order chi connectivity index (χ0) is 19.5. The van der Waals surface area contributed by atoms with Gasteiger partial charge in [-0.1, -0.05) is 30.3 Å². The first-order valence-corrected chi connectivity index (χ1v) is 9.59. The largest absolute Gasteiger partial charge is 0.389 e. The van der Waals surface area contributed by atoms with Gasteiger partial charge >= 0.3 is 0 Å². The van der Waals surface area contributed by atoms with Crippen LogP contribution in [0.2, 0.25) is 0 Å². The van der Waals surface area contributed by atoms with E-state index in [-0.39, 0.29) is 36.7 Å². The summed E-state index contributed by atoms with van der Waals surface area (Å²) >= 11 is 0. The van der Waals surface area contributed by atoms with E-state index in [9.17, 15) is 14.7 Å². The van der Waals surface area contributed by atoms with Crippen molar-refractivity contribution in [1.82, 2.24) is 20.0 Å². The number of ether oxygens (including phenoxy) is 1. The van der Waals surface area contributed by atoms with Crippen LogP contribution in [0.5, 0.6) is 0 Å². The summed E-state index contributed by atoms with van der Waals surface area (Å²) in [5, 5.41) is 16.7. The molecule has 2 N–H and O–H groups in total. The summed E-state index contributed by atoms with van der Waals surface area (Å²) in [5.41, 5.74) is 1.69. The van der Waals surface area contributed by atoms with Crippen molar-refractivity contribution in [3.05, 3.63) is 53.3 Å². The molecule has 1 aromatic carbocycles. The van der Waals surface area contributed by atoms with Crippen molar-refractivity contribution in [2.45, 2.75) is 38.2 Å². The molecule has 2 aliphatic rings. The second kappa shape index (κ2) is 8.12. The van der Waals surface area contributed by atoms with Crippen LogP contribution in [0.3, 0.4) is 0 Å². The van der Waals surface area contributed by atoms with Crippen LogP contribution in [0.25, 0.3) is 0 Å². The molecular formula is C20H24N4O4. The Labute approximate surface area is 163 Å². The number of amides is 2. The smallest absolute Gasteiger partial charge is 0.274 e. The van der Waals surface area contributed by atoms with Crippen molar-refractivity contribution in [3.63, 3.8) is 0 Å². The first kappa shape index (κ1) is 18.6. The molecule has 8 nitrogen and oxygen atoms in total. The standard InChI is InChI=1S/C20H24N4O4/c25-15-11-21-19(26)18-10-17(22-24(18)12-15)20(27)23-8-6-16(7-9-23)28-13-14-4-2-1-3-5-14/h1-5,10,15-16,25H,6-9,11-13H2,(H,21,26)/t15-/m1/s1. The average molecular weight is 384 g/mol. The number of hydrogen-bond acceptors (Lipinski definition) is 5. The number of fused-ring (bicyclic) bond motifs is 1. The second-order valence-corrected chi connectivity index (χ2v) is 7.25. The molecule has 148 valence electrons.